The molecule has 1 fully saturated rings. The number of nitrogens with zero attached hydrogens (tertiary/aromatic N) is 2. The molecule has 0 aromatic carbocycles. The minimum Gasteiger partial charge on any atom is -0.385 e. The second kappa shape index (κ2) is 3.39. The third-order valence-corrected chi connectivity index (χ3v) is 3.00. The SMILES string of the molecule is CCCn1cc(C2(O)CC(C)C2)cn1. The van der Waals surface area contributed by atoms with Gasteiger partial charge in [-0.3, -0.25) is 4.68 Å². The molecule has 0 atom stereocenters. The Morgan fingerprint density at radius 2 is 2.36 bits per heavy atom. The largest absolute Gasteiger partial charge is 0.385 e. The van der Waals surface area contributed by atoms with Gasteiger partial charge >= 0.3 is 0 Å². The van der Waals surface area contributed by atoms with Gasteiger partial charge in [0.2, 0.25) is 0 Å². The maximum atomic E-state index is 10.2. The second-order valence-electron chi connectivity index (χ2n) is 4.54. The Balaban J connectivity index is 2.09. The molecule has 0 aliphatic heterocycles. The Bertz CT molecular complexity index is 313. The lowest BCUT2D eigenvalue weighted by Gasteiger charge is -2.41. The lowest BCUT2D eigenvalue weighted by Crippen LogP contribution is -2.39. The fraction of sp³-hybridized carbons (Fsp3) is 0.727. The average Bonchev–Trinajstić information content (AvgIpc) is 2.51. The van der Waals surface area contributed by atoms with Crippen LogP contribution in [0.15, 0.2) is 12.4 Å². The van der Waals surface area contributed by atoms with Crippen molar-refractivity contribution in [2.75, 3.05) is 0 Å². The van der Waals surface area contributed by atoms with Crippen molar-refractivity contribution in [3.05, 3.63) is 18.0 Å². The van der Waals surface area contributed by atoms with Gasteiger partial charge in [-0.05, 0) is 25.2 Å². The van der Waals surface area contributed by atoms with Crippen LogP contribution in [0.1, 0.15) is 38.7 Å². The van der Waals surface area contributed by atoms with Crippen LogP contribution >= 0.6 is 0 Å². The van der Waals surface area contributed by atoms with E-state index < -0.39 is 5.60 Å². The summed E-state index contributed by atoms with van der Waals surface area (Å²) >= 11 is 0. The van der Waals surface area contributed by atoms with E-state index in [-0.39, 0.29) is 0 Å². The molecule has 1 aliphatic carbocycles. The molecule has 0 radical (unpaired) electrons. The molecule has 1 aromatic rings. The molecule has 78 valence electrons. The van der Waals surface area contributed by atoms with Crippen LogP contribution in [0.25, 0.3) is 0 Å². The van der Waals surface area contributed by atoms with Crippen LogP contribution in [-0.2, 0) is 12.1 Å². The zero-order valence-electron chi connectivity index (χ0n) is 8.90. The standard InChI is InChI=1S/C11H18N2O/c1-3-4-13-8-10(7-12-13)11(14)5-9(2)6-11/h7-9,14H,3-6H2,1-2H3. The Labute approximate surface area is 84.7 Å². The summed E-state index contributed by atoms with van der Waals surface area (Å²) in [5, 5.41) is 14.4. The zero-order chi connectivity index (χ0) is 10.2. The third-order valence-electron chi connectivity index (χ3n) is 3.00. The van der Waals surface area contributed by atoms with E-state index in [4.69, 9.17) is 0 Å². The van der Waals surface area contributed by atoms with Gasteiger partial charge in [0, 0.05) is 18.3 Å². The molecule has 1 saturated carbocycles. The molecular weight excluding hydrogens is 176 g/mol. The minimum absolute atomic E-state index is 0.578. The highest BCUT2D eigenvalue weighted by Crippen LogP contribution is 2.44. The highest BCUT2D eigenvalue weighted by molar-refractivity contribution is 5.19. The maximum absolute atomic E-state index is 10.2. The van der Waals surface area contributed by atoms with Crippen molar-refractivity contribution in [3.63, 3.8) is 0 Å². The van der Waals surface area contributed by atoms with Crippen LogP contribution in [0.5, 0.6) is 0 Å². The summed E-state index contributed by atoms with van der Waals surface area (Å²) in [6.07, 6.45) is 6.63. The molecule has 0 spiro atoms. The summed E-state index contributed by atoms with van der Waals surface area (Å²) in [5.74, 6) is 0.648. The Kier molecular flexibility index (Phi) is 2.35. The Morgan fingerprint density at radius 1 is 1.64 bits per heavy atom. The van der Waals surface area contributed by atoms with Gasteiger partial charge in [-0.2, -0.15) is 5.10 Å². The molecule has 3 heteroatoms. The number of rotatable bonds is 3. The molecule has 0 unspecified atom stereocenters. The number of hydrogen-bond acceptors (Lipinski definition) is 2. The third kappa shape index (κ3) is 1.57. The molecule has 3 nitrogen and oxygen atoms in total. The number of aromatic nitrogens is 2. The van der Waals surface area contributed by atoms with Gasteiger partial charge < -0.3 is 5.11 Å². The van der Waals surface area contributed by atoms with E-state index in [2.05, 4.69) is 18.9 Å². The first-order valence-corrected chi connectivity index (χ1v) is 5.39. The molecule has 0 bridgehead atoms. The van der Waals surface area contributed by atoms with Gasteiger partial charge in [-0.15, -0.1) is 0 Å². The normalized spacial score (nSPS) is 31.5. The van der Waals surface area contributed by atoms with Crippen molar-refractivity contribution in [3.8, 4) is 0 Å². The van der Waals surface area contributed by atoms with E-state index in [9.17, 15) is 5.11 Å². The first-order valence-electron chi connectivity index (χ1n) is 5.39. The molecule has 1 aliphatic rings. The summed E-state index contributed by atoms with van der Waals surface area (Å²) in [6.45, 7) is 5.23. The first kappa shape index (κ1) is 9.71. The summed E-state index contributed by atoms with van der Waals surface area (Å²) in [4.78, 5) is 0. The van der Waals surface area contributed by atoms with Crippen molar-refractivity contribution in [1.29, 1.82) is 0 Å². The molecule has 2 rings (SSSR count). The quantitative estimate of drug-likeness (QED) is 0.798. The monoisotopic (exact) mass is 194 g/mol. The van der Waals surface area contributed by atoms with E-state index >= 15 is 0 Å². The summed E-state index contributed by atoms with van der Waals surface area (Å²) < 4.78 is 1.91. The molecule has 1 N–H and O–H groups in total. The van der Waals surface area contributed by atoms with Gasteiger partial charge in [0.15, 0.2) is 0 Å². The lowest BCUT2D eigenvalue weighted by molar-refractivity contribution is -0.0739. The van der Waals surface area contributed by atoms with Gasteiger partial charge in [0.1, 0.15) is 0 Å². The summed E-state index contributed by atoms with van der Waals surface area (Å²) in [7, 11) is 0. The van der Waals surface area contributed by atoms with E-state index in [0.29, 0.717) is 5.92 Å². The minimum atomic E-state index is -0.578. The van der Waals surface area contributed by atoms with E-state index in [1.165, 1.54) is 0 Å². The predicted octanol–water partition coefficient (Wildman–Crippen LogP) is 1.91. The zero-order valence-corrected chi connectivity index (χ0v) is 8.90. The van der Waals surface area contributed by atoms with Crippen molar-refractivity contribution < 1.29 is 5.11 Å². The average molecular weight is 194 g/mol. The van der Waals surface area contributed by atoms with Crippen molar-refractivity contribution >= 4 is 0 Å². The van der Waals surface area contributed by atoms with E-state index in [0.717, 1.165) is 31.4 Å². The van der Waals surface area contributed by atoms with Crippen LogP contribution in [-0.4, -0.2) is 14.9 Å². The molecule has 14 heavy (non-hydrogen) atoms. The van der Waals surface area contributed by atoms with Gasteiger partial charge in [0.05, 0.1) is 11.8 Å². The molecular formula is C11H18N2O. The van der Waals surface area contributed by atoms with Gasteiger partial charge in [-0.1, -0.05) is 13.8 Å². The highest BCUT2D eigenvalue weighted by Gasteiger charge is 2.42. The van der Waals surface area contributed by atoms with Crippen LogP contribution in [0.2, 0.25) is 0 Å². The van der Waals surface area contributed by atoms with Crippen LogP contribution in [0.3, 0.4) is 0 Å². The molecule has 1 heterocycles. The van der Waals surface area contributed by atoms with Crippen molar-refractivity contribution in [2.24, 2.45) is 5.92 Å². The maximum Gasteiger partial charge on any atom is 0.0932 e. The van der Waals surface area contributed by atoms with E-state index in [1.807, 2.05) is 17.1 Å². The lowest BCUT2D eigenvalue weighted by atomic mass is 9.69. The highest BCUT2D eigenvalue weighted by atomic mass is 16.3. The van der Waals surface area contributed by atoms with Crippen molar-refractivity contribution in [1.82, 2.24) is 9.78 Å². The smallest absolute Gasteiger partial charge is 0.0932 e. The van der Waals surface area contributed by atoms with E-state index in [1.54, 1.807) is 0 Å². The van der Waals surface area contributed by atoms with Crippen LogP contribution in [0, 0.1) is 5.92 Å². The summed E-state index contributed by atoms with van der Waals surface area (Å²) in [5.41, 5.74) is 0.412. The Hall–Kier alpha value is -0.830. The first-order chi connectivity index (χ1) is 6.64. The van der Waals surface area contributed by atoms with Gasteiger partial charge in [-0.25, -0.2) is 0 Å². The van der Waals surface area contributed by atoms with Crippen LogP contribution < -0.4 is 0 Å². The topological polar surface area (TPSA) is 38.0 Å². The summed E-state index contributed by atoms with van der Waals surface area (Å²) in [6, 6.07) is 0. The molecule has 0 saturated heterocycles. The van der Waals surface area contributed by atoms with Crippen molar-refractivity contribution in [2.45, 2.75) is 45.3 Å². The molecule has 0 amide bonds. The van der Waals surface area contributed by atoms with Gasteiger partial charge in [0.25, 0.3) is 0 Å². The fourth-order valence-corrected chi connectivity index (χ4v) is 2.28. The second-order valence-corrected chi connectivity index (χ2v) is 4.54. The predicted molar refractivity (Wildman–Crippen MR) is 54.8 cm³/mol. The number of aryl methyl sites for hydroxylation is 1. The fourth-order valence-electron chi connectivity index (χ4n) is 2.28. The Morgan fingerprint density at radius 3 is 2.93 bits per heavy atom. The molecule has 1 aromatic heterocycles. The number of hydrogen-bond donors (Lipinski definition) is 1. The van der Waals surface area contributed by atoms with Crippen LogP contribution in [0.4, 0.5) is 0 Å². The number of aliphatic hydroxyl groups is 1.